The lowest BCUT2D eigenvalue weighted by atomic mass is 9.86. The molecule has 5 aliphatic heterocycles. The van der Waals surface area contributed by atoms with Crippen molar-refractivity contribution in [2.45, 2.75) is 60.3 Å². The fourth-order valence-electron chi connectivity index (χ4n) is 7.04. The van der Waals surface area contributed by atoms with E-state index < -0.39 is 17.5 Å². The zero-order valence-electron chi connectivity index (χ0n) is 27.1. The van der Waals surface area contributed by atoms with E-state index in [-0.39, 0.29) is 30.0 Å². The third-order valence-electron chi connectivity index (χ3n) is 9.74. The zero-order chi connectivity index (χ0) is 33.9. The van der Waals surface area contributed by atoms with Crippen LogP contribution in [0.4, 0.5) is 0 Å². The number of nitrogens with one attached hydrogen (secondary N) is 1. The highest BCUT2D eigenvalue weighted by atomic mass is 16.5. The van der Waals surface area contributed by atoms with E-state index in [0.717, 1.165) is 51.0 Å². The Morgan fingerprint density at radius 1 is 0.979 bits per heavy atom. The van der Waals surface area contributed by atoms with Gasteiger partial charge in [0.1, 0.15) is 11.3 Å². The van der Waals surface area contributed by atoms with Gasteiger partial charge >= 0.3 is 17.9 Å². The van der Waals surface area contributed by atoms with Crippen molar-refractivity contribution in [3.63, 3.8) is 0 Å². The average Bonchev–Trinajstić information content (AvgIpc) is 3.77. The monoisotopic (exact) mass is 636 g/mol. The van der Waals surface area contributed by atoms with E-state index in [1.807, 2.05) is 32.9 Å². The summed E-state index contributed by atoms with van der Waals surface area (Å²) in [6.45, 7) is 9.77. The van der Waals surface area contributed by atoms with Crippen molar-refractivity contribution in [1.29, 1.82) is 0 Å². The number of rotatable bonds is 7. The number of carboxylic acid groups (broad SMARTS) is 2. The molecular weight excluding hydrogens is 600 g/mol. The third kappa shape index (κ3) is 5.25. The Labute approximate surface area is 271 Å². The smallest absolute Gasteiger partial charge is 0.343 e. The number of aliphatic imine (C=N–C) groups is 3. The maximum Gasteiger partial charge on any atom is 0.343 e. The molecule has 0 spiro atoms. The number of carboxylic acids is 2. The van der Waals surface area contributed by atoms with E-state index in [9.17, 15) is 29.7 Å². The predicted octanol–water partition coefficient (Wildman–Crippen LogP) is 5.71. The number of carbonyl (C=O) groups excluding carboxylic acids is 1. The molecule has 2 atom stereocenters. The molecule has 47 heavy (non-hydrogen) atoms. The molecule has 6 aliphatic rings. The summed E-state index contributed by atoms with van der Waals surface area (Å²) in [6, 6.07) is 0. The zero-order valence-corrected chi connectivity index (χ0v) is 27.1. The Kier molecular flexibility index (Phi) is 7.95. The number of aliphatic carboxylic acids is 2. The molecule has 5 heterocycles. The minimum absolute atomic E-state index is 0.101. The van der Waals surface area contributed by atoms with Gasteiger partial charge in [0, 0.05) is 52.8 Å². The van der Waals surface area contributed by atoms with Crippen LogP contribution in [0.3, 0.4) is 0 Å². The first-order chi connectivity index (χ1) is 22.3. The Morgan fingerprint density at radius 2 is 1.66 bits per heavy atom. The van der Waals surface area contributed by atoms with E-state index >= 15 is 0 Å². The third-order valence-corrected chi connectivity index (χ3v) is 9.74. The van der Waals surface area contributed by atoms with E-state index in [2.05, 4.69) is 12.2 Å². The number of aliphatic hydroxyl groups excluding tert-OH is 1. The van der Waals surface area contributed by atoms with Crippen molar-refractivity contribution >= 4 is 35.0 Å². The summed E-state index contributed by atoms with van der Waals surface area (Å²) in [5, 5.41) is 34.2. The van der Waals surface area contributed by atoms with E-state index in [4.69, 9.17) is 19.7 Å². The number of allylic oxidation sites excluding steroid dienone is 12. The molecule has 0 amide bonds. The van der Waals surface area contributed by atoms with Crippen LogP contribution in [0.25, 0.3) is 0 Å². The van der Waals surface area contributed by atoms with Crippen LogP contribution in [0.1, 0.15) is 60.3 Å². The molecule has 0 aromatic rings. The number of hydrogen-bond acceptors (Lipinski definition) is 9. The highest BCUT2D eigenvalue weighted by Gasteiger charge is 2.41. The Hall–Kier alpha value is -5.32. The van der Waals surface area contributed by atoms with Gasteiger partial charge in [-0.05, 0) is 80.2 Å². The van der Waals surface area contributed by atoms with Gasteiger partial charge < -0.3 is 25.4 Å². The largest absolute Gasteiger partial charge is 0.511 e. The van der Waals surface area contributed by atoms with Crippen LogP contribution in [0.2, 0.25) is 0 Å². The van der Waals surface area contributed by atoms with Crippen LogP contribution in [-0.2, 0) is 19.1 Å². The number of esters is 1. The van der Waals surface area contributed by atoms with Gasteiger partial charge in [-0.1, -0.05) is 13.8 Å². The van der Waals surface area contributed by atoms with Gasteiger partial charge in [0.2, 0.25) is 0 Å². The second-order valence-corrected chi connectivity index (χ2v) is 12.3. The van der Waals surface area contributed by atoms with Crippen LogP contribution >= 0.6 is 0 Å². The minimum atomic E-state index is -1.56. The molecule has 11 heteroatoms. The van der Waals surface area contributed by atoms with Gasteiger partial charge in [-0.15, -0.1) is 0 Å². The average molecular weight is 637 g/mol. The van der Waals surface area contributed by atoms with Crippen LogP contribution < -0.4 is 5.32 Å². The molecule has 0 aromatic carbocycles. The van der Waals surface area contributed by atoms with Gasteiger partial charge in [0.15, 0.2) is 0 Å². The van der Waals surface area contributed by atoms with Crippen molar-refractivity contribution in [1.82, 2.24) is 5.32 Å². The topological polar surface area (TPSA) is 170 Å². The van der Waals surface area contributed by atoms with Crippen LogP contribution in [0.5, 0.6) is 0 Å². The van der Waals surface area contributed by atoms with Crippen molar-refractivity contribution in [3.8, 4) is 0 Å². The molecule has 6 rings (SSSR count). The number of aliphatic hydroxyl groups is 1. The van der Waals surface area contributed by atoms with E-state index in [1.54, 1.807) is 13.0 Å². The Balaban J connectivity index is 1.62. The van der Waals surface area contributed by atoms with E-state index in [1.165, 1.54) is 7.11 Å². The molecule has 1 aliphatic carbocycles. The molecule has 0 aromatic heterocycles. The standard InChI is InChI=1S/C36H36N4O7/c1-7-19-15(2)25-13-29-21(10-23(35(43)44)36(45)46)17(4)24(38-29)12-26-16(3)20(8-9-31(42)47-6)33(39-26)22-11-30(41)32-18(5)27(40-34(22)32)14-28(19)37-25/h10,12-14,16,20,39,41H,7-9,11H2,1-6H3,(H,43,44)(H,45,46)/t16-,20-/m0/s1. The van der Waals surface area contributed by atoms with Crippen molar-refractivity contribution in [3.05, 3.63) is 103 Å². The number of fused-ring (bicyclic) bond motifs is 5. The highest BCUT2D eigenvalue weighted by molar-refractivity contribution is 6.21. The van der Waals surface area contributed by atoms with E-state index in [0.29, 0.717) is 58.9 Å². The maximum atomic E-state index is 12.2. The van der Waals surface area contributed by atoms with Gasteiger partial charge in [0.25, 0.3) is 0 Å². The number of nitrogens with zero attached hydrogens (tertiary/aromatic N) is 3. The van der Waals surface area contributed by atoms with Gasteiger partial charge in [-0.3, -0.25) is 4.79 Å². The highest BCUT2D eigenvalue weighted by Crippen LogP contribution is 2.46. The molecule has 11 nitrogen and oxygen atoms in total. The summed E-state index contributed by atoms with van der Waals surface area (Å²) in [7, 11) is 1.36. The van der Waals surface area contributed by atoms with Crippen molar-refractivity contribution < 1.29 is 34.4 Å². The van der Waals surface area contributed by atoms with Crippen LogP contribution in [0.15, 0.2) is 118 Å². The molecule has 1 fully saturated rings. The molecule has 4 N–H and O–H groups in total. The lowest BCUT2D eigenvalue weighted by Crippen LogP contribution is -2.16. The molecule has 0 saturated carbocycles. The second kappa shape index (κ2) is 11.8. The summed E-state index contributed by atoms with van der Waals surface area (Å²) in [5.41, 5.74) is 9.91. The quantitative estimate of drug-likeness (QED) is 0.119. The van der Waals surface area contributed by atoms with Gasteiger partial charge in [0.05, 0.1) is 41.3 Å². The first kappa shape index (κ1) is 31.7. The van der Waals surface area contributed by atoms with Crippen molar-refractivity contribution in [2.24, 2.45) is 26.8 Å². The Bertz CT molecular complexity index is 1950. The molecular formula is C36H36N4O7. The predicted molar refractivity (Wildman–Crippen MR) is 177 cm³/mol. The number of methoxy groups -OCH3 is 1. The lowest BCUT2D eigenvalue weighted by Gasteiger charge is -2.17. The fraction of sp³-hybridized carbons (Fsp3) is 0.333. The molecule has 0 radical (unpaired) electrons. The van der Waals surface area contributed by atoms with Crippen molar-refractivity contribution in [2.75, 3.05) is 7.11 Å². The summed E-state index contributed by atoms with van der Waals surface area (Å²) >= 11 is 0. The van der Waals surface area contributed by atoms with Gasteiger partial charge in [-0.2, -0.15) is 0 Å². The number of carbonyl (C=O) groups is 3. The second-order valence-electron chi connectivity index (χ2n) is 12.3. The lowest BCUT2D eigenvalue weighted by molar-refractivity contribution is -0.141. The number of hydrogen-bond donors (Lipinski definition) is 4. The molecule has 0 unspecified atom stereocenters. The first-order valence-electron chi connectivity index (χ1n) is 15.6. The summed E-state index contributed by atoms with van der Waals surface area (Å²) in [4.78, 5) is 50.9. The fourth-order valence-corrected chi connectivity index (χ4v) is 7.04. The molecule has 242 valence electrons. The number of ether oxygens (including phenoxy) is 1. The van der Waals surface area contributed by atoms with Crippen LogP contribution in [-0.4, -0.2) is 57.5 Å². The molecule has 1 saturated heterocycles. The Morgan fingerprint density at radius 3 is 2.32 bits per heavy atom. The SMILES string of the molecule is CCC1=C(C)C2=NC1=CC1=C(C)C3=C(O)CC(=C4NC(=CC5=NC(=C2)C(C=C(C(=O)O)C(=O)O)=C5C)[C@@H](C)[C@@H]4CCC(=O)OC)C3=N1. The normalized spacial score (nSPS) is 23.0. The minimum Gasteiger partial charge on any atom is -0.511 e. The maximum absolute atomic E-state index is 12.2. The summed E-state index contributed by atoms with van der Waals surface area (Å²) in [5.74, 6) is -3.42. The summed E-state index contributed by atoms with van der Waals surface area (Å²) < 4.78 is 4.94. The van der Waals surface area contributed by atoms with Crippen LogP contribution in [0, 0.1) is 11.8 Å². The van der Waals surface area contributed by atoms with Gasteiger partial charge in [-0.25, -0.2) is 24.6 Å². The summed E-state index contributed by atoms with van der Waals surface area (Å²) in [6.07, 6.45) is 8.39. The molecule has 8 bridgehead atoms. The first-order valence-corrected chi connectivity index (χ1v) is 15.6.